The first-order chi connectivity index (χ1) is 18.8. The lowest BCUT2D eigenvalue weighted by molar-refractivity contribution is -0.167. The van der Waals surface area contributed by atoms with Crippen LogP contribution in [0, 0.1) is 5.41 Å². The first-order valence-electron chi connectivity index (χ1n) is 13.4. The molecule has 0 bridgehead atoms. The minimum atomic E-state index is -4.67. The Morgan fingerprint density at radius 1 is 0.951 bits per heavy atom. The lowest BCUT2D eigenvalue weighted by Gasteiger charge is -2.28. The molecule has 8 nitrogen and oxygen atoms in total. The Balaban J connectivity index is 1.67. The first kappa shape index (κ1) is 32.3. The third-order valence-corrected chi connectivity index (χ3v) is 7.56. The van der Waals surface area contributed by atoms with Crippen molar-refractivity contribution < 1.29 is 32.2 Å². The van der Waals surface area contributed by atoms with Gasteiger partial charge in [0.15, 0.2) is 5.82 Å². The van der Waals surface area contributed by atoms with Crippen molar-refractivity contribution in [3.05, 3.63) is 48.4 Å². The quantitative estimate of drug-likeness (QED) is 0.133. The number of carbonyl (C=O) groups is 1. The fraction of sp³-hybridized carbons (Fsp3) is 0.517. The largest absolute Gasteiger partial charge is 0.492 e. The highest BCUT2D eigenvalue weighted by molar-refractivity contribution is 6.76. The van der Waals surface area contributed by atoms with Crippen LogP contribution in [0.25, 0.3) is 22.6 Å². The Hall–Kier alpha value is -3.25. The van der Waals surface area contributed by atoms with Gasteiger partial charge in [-0.3, -0.25) is 9.78 Å². The maximum atomic E-state index is 13.6. The minimum absolute atomic E-state index is 0.0819. The Labute approximate surface area is 240 Å². The molecule has 0 aliphatic heterocycles. The second-order valence-electron chi connectivity index (χ2n) is 12.7. The highest BCUT2D eigenvalue weighted by atomic mass is 28.3. The van der Waals surface area contributed by atoms with Crippen molar-refractivity contribution in [2.75, 3.05) is 13.2 Å². The normalized spacial score (nSPS) is 12.9. The molecule has 3 aromatic rings. The van der Waals surface area contributed by atoms with E-state index in [9.17, 15) is 18.0 Å². The van der Waals surface area contributed by atoms with E-state index in [1.807, 2.05) is 32.9 Å². The van der Waals surface area contributed by atoms with Gasteiger partial charge < -0.3 is 14.2 Å². The standard InChI is InChI=1S/C29H39F3N4O4Si/c1-27(2,3)40-26(37)28(4,5)18-39-22-12-9-20(10-13-22)23-14-11-21(17-33-23)24-34-25(29(30,31)32)36(35-24)19-38-15-16-41(6,7)8/h9-14,17H,15-16,18-19H2,1-8H3/q-1. The number of ether oxygens (including phenoxy) is 3. The number of alkyl halides is 3. The highest BCUT2D eigenvalue weighted by Crippen LogP contribution is 2.31. The summed E-state index contributed by atoms with van der Waals surface area (Å²) in [6.07, 6.45) is -3.23. The van der Waals surface area contributed by atoms with Gasteiger partial charge in [0.2, 0.25) is 5.82 Å². The lowest BCUT2D eigenvalue weighted by Crippen LogP contribution is -2.37. The van der Waals surface area contributed by atoms with Crippen molar-refractivity contribution in [1.82, 2.24) is 19.7 Å². The molecule has 2 heterocycles. The molecule has 3 rings (SSSR count). The number of hydrogen-bond donors (Lipinski definition) is 0. The van der Waals surface area contributed by atoms with Crippen LogP contribution in [-0.4, -0.2) is 52.6 Å². The van der Waals surface area contributed by atoms with E-state index in [4.69, 9.17) is 14.2 Å². The van der Waals surface area contributed by atoms with Crippen LogP contribution >= 0.6 is 0 Å². The third kappa shape index (κ3) is 9.67. The van der Waals surface area contributed by atoms with E-state index < -0.39 is 31.1 Å². The molecule has 0 spiro atoms. The van der Waals surface area contributed by atoms with Gasteiger partial charge in [0.1, 0.15) is 24.7 Å². The van der Waals surface area contributed by atoms with Gasteiger partial charge in [0.25, 0.3) is 0 Å². The minimum Gasteiger partial charge on any atom is -0.492 e. The van der Waals surface area contributed by atoms with Gasteiger partial charge in [-0.25, -0.2) is 9.67 Å². The zero-order valence-electron chi connectivity index (χ0n) is 24.9. The number of halogens is 3. The molecule has 1 aromatic carbocycles. The Morgan fingerprint density at radius 3 is 2.12 bits per heavy atom. The number of carbonyl (C=O) groups excluding carboxylic acids is 1. The van der Waals surface area contributed by atoms with Gasteiger partial charge in [-0.05, 0) is 71.0 Å². The van der Waals surface area contributed by atoms with Gasteiger partial charge in [-0.1, -0.05) is 0 Å². The van der Waals surface area contributed by atoms with E-state index in [1.165, 1.54) is 6.20 Å². The molecule has 0 atom stereocenters. The molecule has 0 amide bonds. The van der Waals surface area contributed by atoms with E-state index in [2.05, 4.69) is 34.7 Å². The highest BCUT2D eigenvalue weighted by Gasteiger charge is 2.38. The predicted octanol–water partition coefficient (Wildman–Crippen LogP) is 7.08. The van der Waals surface area contributed by atoms with Crippen molar-refractivity contribution in [3.8, 4) is 28.4 Å². The van der Waals surface area contributed by atoms with Crippen molar-refractivity contribution >= 4 is 14.0 Å². The van der Waals surface area contributed by atoms with Crippen LogP contribution in [0.1, 0.15) is 40.4 Å². The zero-order valence-corrected chi connectivity index (χ0v) is 25.9. The molecule has 0 saturated carbocycles. The summed E-state index contributed by atoms with van der Waals surface area (Å²) < 4.78 is 58.3. The summed E-state index contributed by atoms with van der Waals surface area (Å²) in [4.78, 5) is 20.6. The van der Waals surface area contributed by atoms with Crippen LogP contribution < -0.4 is 4.74 Å². The van der Waals surface area contributed by atoms with Crippen LogP contribution in [0.4, 0.5) is 13.2 Å². The van der Waals surface area contributed by atoms with Crippen LogP contribution in [-0.2, 0) is 27.2 Å². The summed E-state index contributed by atoms with van der Waals surface area (Å²) >= 11 is 0. The second kappa shape index (κ2) is 12.3. The van der Waals surface area contributed by atoms with Crippen molar-refractivity contribution in [3.63, 3.8) is 0 Å². The molecular formula is C29H39F3N4O4Si-. The van der Waals surface area contributed by atoms with E-state index in [-0.39, 0.29) is 25.1 Å². The van der Waals surface area contributed by atoms with Gasteiger partial charge in [0.05, 0.1) is 11.1 Å². The number of nitrogens with zero attached hydrogens (tertiary/aromatic N) is 4. The van der Waals surface area contributed by atoms with Gasteiger partial charge in [0, 0.05) is 23.9 Å². The summed E-state index contributed by atoms with van der Waals surface area (Å²) in [5.41, 5.74) is 0.317. The molecule has 0 fully saturated rings. The fourth-order valence-corrected chi connectivity index (χ4v) is 4.21. The molecule has 0 N–H and O–H groups in total. The number of esters is 1. The number of benzene rings is 1. The average molecular weight is 593 g/mol. The lowest BCUT2D eigenvalue weighted by atomic mass is 9.94. The van der Waals surface area contributed by atoms with Gasteiger partial charge >= 0.3 is 12.1 Å². The molecular weight excluding hydrogens is 553 g/mol. The number of pyridine rings is 1. The maximum Gasteiger partial charge on any atom is 0.451 e. The summed E-state index contributed by atoms with van der Waals surface area (Å²) in [7, 11) is -1.38. The van der Waals surface area contributed by atoms with Crippen molar-refractivity contribution in [2.24, 2.45) is 5.41 Å². The van der Waals surface area contributed by atoms with Crippen LogP contribution in [0.2, 0.25) is 25.7 Å². The van der Waals surface area contributed by atoms with Crippen LogP contribution in [0.5, 0.6) is 5.75 Å². The smallest absolute Gasteiger partial charge is 0.451 e. The summed E-state index contributed by atoms with van der Waals surface area (Å²) in [6.45, 7) is 15.6. The SMILES string of the molecule is CC(C)(C)OC(=O)C(C)(C)COc1ccc(-c2ccc(-c3nc(C(F)(F)F)n(COCC[Si-](C)(C)C)n3)cn2)cc1. The molecule has 225 valence electrons. The Bertz CT molecular complexity index is 1310. The summed E-state index contributed by atoms with van der Waals surface area (Å²) in [5, 5.41) is 4.05. The topological polar surface area (TPSA) is 88.4 Å². The number of rotatable bonds is 11. The molecule has 41 heavy (non-hydrogen) atoms. The molecule has 12 heteroatoms. The van der Waals surface area contributed by atoms with Gasteiger partial charge in [-0.2, -0.15) is 32.8 Å². The van der Waals surface area contributed by atoms with Crippen molar-refractivity contribution in [2.45, 2.75) is 78.8 Å². The number of aromatic nitrogens is 4. The Kier molecular flexibility index (Phi) is 9.69. The second-order valence-corrected chi connectivity index (χ2v) is 18.4. The Morgan fingerprint density at radius 2 is 1.59 bits per heavy atom. The first-order valence-corrected chi connectivity index (χ1v) is 17.1. The van der Waals surface area contributed by atoms with Crippen LogP contribution in [0.15, 0.2) is 42.6 Å². The van der Waals surface area contributed by atoms with Crippen LogP contribution in [0.3, 0.4) is 0 Å². The van der Waals surface area contributed by atoms with E-state index in [0.717, 1.165) is 16.3 Å². The molecule has 0 unspecified atom stereocenters. The predicted molar refractivity (Wildman–Crippen MR) is 153 cm³/mol. The maximum absolute atomic E-state index is 13.6. The molecule has 0 radical (unpaired) electrons. The van der Waals surface area contributed by atoms with E-state index in [1.54, 1.807) is 38.1 Å². The summed E-state index contributed by atoms with van der Waals surface area (Å²) in [5.74, 6) is -0.970. The molecule has 2 aromatic heterocycles. The number of hydrogen-bond acceptors (Lipinski definition) is 7. The summed E-state index contributed by atoms with van der Waals surface area (Å²) in [6, 6.07) is 11.3. The van der Waals surface area contributed by atoms with E-state index >= 15 is 0 Å². The van der Waals surface area contributed by atoms with Crippen molar-refractivity contribution in [1.29, 1.82) is 0 Å². The zero-order chi connectivity index (χ0) is 30.6. The molecule has 0 aliphatic carbocycles. The van der Waals surface area contributed by atoms with Gasteiger partial charge in [-0.15, -0.1) is 19.2 Å². The fourth-order valence-electron chi connectivity index (χ4n) is 3.45. The molecule has 0 aliphatic rings. The average Bonchev–Trinajstić information content (AvgIpc) is 3.29. The van der Waals surface area contributed by atoms with E-state index in [0.29, 0.717) is 23.6 Å². The monoisotopic (exact) mass is 592 g/mol. The molecule has 0 saturated heterocycles. The third-order valence-electron chi connectivity index (χ3n) is 5.86.